The summed E-state index contributed by atoms with van der Waals surface area (Å²) in [4.78, 5) is 25.0. The number of nitrogens with one attached hydrogen (secondary N) is 2. The van der Waals surface area contributed by atoms with Gasteiger partial charge in [-0.3, -0.25) is 9.59 Å². The topological polar surface area (TPSA) is 88.3 Å². The molecule has 4 rings (SSSR count). The molecule has 1 fully saturated rings. The summed E-state index contributed by atoms with van der Waals surface area (Å²) in [5, 5.41) is 17.0. The predicted molar refractivity (Wildman–Crippen MR) is 95.5 cm³/mol. The Morgan fingerprint density at radius 3 is 2.60 bits per heavy atom. The van der Waals surface area contributed by atoms with Crippen LogP contribution < -0.4 is 10.6 Å². The number of hydrogen-bond acceptors (Lipinski definition) is 4. The molecule has 1 amide bonds. The molecule has 1 aromatic rings. The smallest absolute Gasteiger partial charge is 0.261 e. The Bertz CT molecular complexity index is 911. The van der Waals surface area contributed by atoms with Crippen molar-refractivity contribution in [1.29, 1.82) is 0 Å². The number of amides is 1. The van der Waals surface area contributed by atoms with Gasteiger partial charge in [-0.1, -0.05) is 41.4 Å². The van der Waals surface area contributed by atoms with Crippen LogP contribution in [0.2, 0.25) is 10.0 Å². The van der Waals surface area contributed by atoms with E-state index in [0.29, 0.717) is 12.0 Å². The highest BCUT2D eigenvalue weighted by Crippen LogP contribution is 2.46. The van der Waals surface area contributed by atoms with Gasteiger partial charge in [-0.25, -0.2) is 0 Å². The van der Waals surface area contributed by atoms with Crippen LogP contribution in [0.3, 0.4) is 0 Å². The highest BCUT2D eigenvalue weighted by Gasteiger charge is 2.49. The van der Waals surface area contributed by atoms with E-state index in [1.165, 1.54) is 17.8 Å². The lowest BCUT2D eigenvalue weighted by Gasteiger charge is -2.21. The number of fused-ring (bicyclic) bond motifs is 1. The maximum atomic E-state index is 12.6. The van der Waals surface area contributed by atoms with Crippen molar-refractivity contribution in [3.8, 4) is 0 Å². The molecule has 3 N–H and O–H groups in total. The second-order valence-corrected chi connectivity index (χ2v) is 7.06. The molecular formula is C18H14Cl2N2O3. The summed E-state index contributed by atoms with van der Waals surface area (Å²) in [7, 11) is 0. The molecule has 1 aromatic carbocycles. The third kappa shape index (κ3) is 2.68. The fraction of sp³-hybridized carbons (Fsp3) is 0.222. The standard InChI is InChI=1S/C18H14Cl2N2O3/c19-11-5-6-12(20)16-15(11)18(25,17(24)22-16)7-14(23)10-3-1-9(2-4-10)13-8-21-13/h1,3-6,21,25H,2,7-8H2,(H,22,24). The minimum absolute atomic E-state index is 0.158. The van der Waals surface area contributed by atoms with Crippen molar-refractivity contribution in [2.45, 2.75) is 18.4 Å². The lowest BCUT2D eigenvalue weighted by molar-refractivity contribution is -0.138. The molecule has 1 unspecified atom stereocenters. The van der Waals surface area contributed by atoms with Crippen molar-refractivity contribution in [2.75, 3.05) is 11.9 Å². The summed E-state index contributed by atoms with van der Waals surface area (Å²) < 4.78 is 0. The van der Waals surface area contributed by atoms with Gasteiger partial charge in [0, 0.05) is 21.9 Å². The predicted octanol–water partition coefficient (Wildman–Crippen LogP) is 2.84. The van der Waals surface area contributed by atoms with Crippen molar-refractivity contribution in [2.24, 2.45) is 0 Å². The van der Waals surface area contributed by atoms with E-state index >= 15 is 0 Å². The van der Waals surface area contributed by atoms with E-state index in [-0.39, 0.29) is 27.1 Å². The summed E-state index contributed by atoms with van der Waals surface area (Å²) in [6.45, 7) is 0.882. The number of benzene rings is 1. The number of anilines is 1. The third-order valence-electron chi connectivity index (χ3n) is 4.62. The van der Waals surface area contributed by atoms with Crippen molar-refractivity contribution in [3.63, 3.8) is 0 Å². The van der Waals surface area contributed by atoms with E-state index in [2.05, 4.69) is 10.6 Å². The fourth-order valence-electron chi connectivity index (χ4n) is 3.16. The minimum atomic E-state index is -2.03. The fourth-order valence-corrected chi connectivity index (χ4v) is 3.68. The number of Topliss-reactive ketones (excluding diaryl/α,β-unsaturated/α-hetero) is 1. The summed E-state index contributed by atoms with van der Waals surface area (Å²) >= 11 is 12.2. The Morgan fingerprint density at radius 1 is 1.24 bits per heavy atom. The monoisotopic (exact) mass is 376 g/mol. The highest BCUT2D eigenvalue weighted by atomic mass is 35.5. The Morgan fingerprint density at radius 2 is 1.96 bits per heavy atom. The van der Waals surface area contributed by atoms with Gasteiger partial charge in [0.1, 0.15) is 0 Å². The number of carbonyl (C=O) groups is 2. The zero-order chi connectivity index (χ0) is 17.8. The molecule has 25 heavy (non-hydrogen) atoms. The van der Waals surface area contributed by atoms with E-state index in [1.54, 1.807) is 12.2 Å². The van der Waals surface area contributed by atoms with Crippen molar-refractivity contribution >= 4 is 40.6 Å². The van der Waals surface area contributed by atoms with Gasteiger partial charge in [-0.15, -0.1) is 0 Å². The molecule has 0 spiro atoms. The molecule has 7 heteroatoms. The molecule has 1 aliphatic carbocycles. The molecular weight excluding hydrogens is 363 g/mol. The number of rotatable bonds is 3. The first-order valence-corrected chi connectivity index (χ1v) is 8.55. The molecule has 1 saturated heterocycles. The molecule has 0 bridgehead atoms. The molecule has 5 nitrogen and oxygen atoms in total. The molecule has 1 atom stereocenters. The second-order valence-electron chi connectivity index (χ2n) is 6.25. The summed E-state index contributed by atoms with van der Waals surface area (Å²) in [6, 6.07) is 3.03. The first kappa shape index (κ1) is 16.4. The van der Waals surface area contributed by atoms with Crippen molar-refractivity contribution in [3.05, 3.63) is 62.8 Å². The third-order valence-corrected chi connectivity index (χ3v) is 5.25. The number of ketones is 1. The van der Waals surface area contributed by atoms with Gasteiger partial charge in [-0.2, -0.15) is 0 Å². The van der Waals surface area contributed by atoms with Gasteiger partial charge in [0.2, 0.25) is 0 Å². The largest absolute Gasteiger partial charge is 0.381 e. The number of halogens is 2. The lowest BCUT2D eigenvalue weighted by atomic mass is 9.86. The van der Waals surface area contributed by atoms with Crippen LogP contribution in [0.5, 0.6) is 0 Å². The Labute approximate surface area is 154 Å². The summed E-state index contributed by atoms with van der Waals surface area (Å²) in [5.41, 5.74) is 1.19. The van der Waals surface area contributed by atoms with Gasteiger partial charge >= 0.3 is 0 Å². The molecule has 0 saturated carbocycles. The van der Waals surface area contributed by atoms with Crippen LogP contribution in [0.1, 0.15) is 18.4 Å². The van der Waals surface area contributed by atoms with E-state index in [0.717, 1.165) is 12.1 Å². The first-order chi connectivity index (χ1) is 11.9. The summed E-state index contributed by atoms with van der Waals surface area (Å²) in [6.07, 6.45) is 5.66. The Balaban J connectivity index is 1.62. The van der Waals surface area contributed by atoms with Crippen molar-refractivity contribution in [1.82, 2.24) is 5.32 Å². The van der Waals surface area contributed by atoms with E-state index in [9.17, 15) is 14.7 Å². The molecule has 3 aliphatic rings. The maximum Gasteiger partial charge on any atom is 0.261 e. The van der Waals surface area contributed by atoms with Crippen molar-refractivity contribution < 1.29 is 14.7 Å². The first-order valence-electron chi connectivity index (χ1n) is 7.80. The van der Waals surface area contributed by atoms with Gasteiger partial charge in [0.15, 0.2) is 11.4 Å². The lowest BCUT2D eigenvalue weighted by Crippen LogP contribution is -2.37. The number of hydrogen-bond donors (Lipinski definition) is 3. The van der Waals surface area contributed by atoms with Crippen LogP contribution in [0.4, 0.5) is 5.69 Å². The van der Waals surface area contributed by atoms with E-state index in [4.69, 9.17) is 23.2 Å². The summed E-state index contributed by atoms with van der Waals surface area (Å²) in [5.74, 6) is -1.03. The van der Waals surface area contributed by atoms with Gasteiger partial charge in [-0.05, 0) is 24.1 Å². The van der Waals surface area contributed by atoms with Crippen LogP contribution in [-0.2, 0) is 15.2 Å². The Hall–Kier alpha value is -2.08. The van der Waals surface area contributed by atoms with Gasteiger partial charge in [0.05, 0.1) is 23.7 Å². The van der Waals surface area contributed by atoms with Crippen LogP contribution >= 0.6 is 23.2 Å². The number of allylic oxidation sites excluding steroid dienone is 5. The van der Waals surface area contributed by atoms with E-state index in [1.807, 2.05) is 6.08 Å². The molecule has 0 aromatic heterocycles. The van der Waals surface area contributed by atoms with Crippen LogP contribution in [0.25, 0.3) is 0 Å². The van der Waals surface area contributed by atoms with Gasteiger partial charge < -0.3 is 15.7 Å². The molecule has 2 aliphatic heterocycles. The van der Waals surface area contributed by atoms with Crippen LogP contribution in [0, 0.1) is 0 Å². The highest BCUT2D eigenvalue weighted by molar-refractivity contribution is 6.38. The van der Waals surface area contributed by atoms with Crippen LogP contribution in [-0.4, -0.2) is 23.3 Å². The number of aliphatic hydroxyl groups is 1. The Kier molecular flexibility index (Phi) is 3.76. The average molecular weight is 377 g/mol. The molecule has 0 radical (unpaired) electrons. The quantitative estimate of drug-likeness (QED) is 0.707. The molecule has 128 valence electrons. The van der Waals surface area contributed by atoms with Gasteiger partial charge in [0.25, 0.3) is 5.91 Å². The number of carbonyl (C=O) groups excluding carboxylic acids is 2. The maximum absolute atomic E-state index is 12.6. The minimum Gasteiger partial charge on any atom is -0.381 e. The zero-order valence-electron chi connectivity index (χ0n) is 13.0. The zero-order valence-corrected chi connectivity index (χ0v) is 14.5. The van der Waals surface area contributed by atoms with E-state index < -0.39 is 17.9 Å². The SMILES string of the molecule is O=C(CC1(O)C(=O)Nc2c(Cl)ccc(Cl)c21)C1=CCC(=C2CN2)C=C1. The average Bonchev–Trinajstić information content (AvgIpc) is 3.39. The second kappa shape index (κ2) is 5.73. The van der Waals surface area contributed by atoms with Crippen LogP contribution in [0.15, 0.2) is 47.2 Å². The normalized spacial score (nSPS) is 26.7. The molecule has 2 heterocycles.